The van der Waals surface area contributed by atoms with E-state index in [0.29, 0.717) is 5.56 Å². The van der Waals surface area contributed by atoms with Gasteiger partial charge < -0.3 is 10.2 Å². The monoisotopic (exact) mass is 661 g/mol. The van der Waals surface area contributed by atoms with Crippen LogP contribution in [0.15, 0.2) is 158 Å². The van der Waals surface area contributed by atoms with E-state index in [1.165, 1.54) is 65.3 Å². The van der Waals surface area contributed by atoms with Crippen molar-refractivity contribution in [2.75, 3.05) is 10.2 Å². The van der Waals surface area contributed by atoms with Crippen LogP contribution in [0.1, 0.15) is 53.1 Å². The van der Waals surface area contributed by atoms with E-state index >= 15 is 0 Å². The van der Waals surface area contributed by atoms with Crippen molar-refractivity contribution in [1.29, 1.82) is 5.26 Å². The first-order chi connectivity index (χ1) is 24.6. The number of nitrogens with zero attached hydrogens (tertiary/aromatic N) is 2. The van der Waals surface area contributed by atoms with Gasteiger partial charge in [0.15, 0.2) is 0 Å². The van der Waals surface area contributed by atoms with Crippen molar-refractivity contribution in [3.8, 4) is 17.2 Å². The molecule has 5 aromatic carbocycles. The number of hydrogen-bond acceptors (Lipinski definition) is 4. The number of thiophene rings is 1. The minimum absolute atomic E-state index is 0.201. The average molecular weight is 662 g/mol. The first-order valence-electron chi connectivity index (χ1n) is 17.2. The molecule has 1 N–H and O–H groups in total. The Hall–Kier alpha value is -5.89. The van der Waals surface area contributed by atoms with E-state index in [1.54, 1.807) is 0 Å². The number of nitrogens with one attached hydrogen (secondary N) is 1. The quantitative estimate of drug-likeness (QED) is 0.181. The molecule has 1 aliphatic carbocycles. The van der Waals surface area contributed by atoms with E-state index in [9.17, 15) is 5.26 Å². The third-order valence-corrected chi connectivity index (χ3v) is 11.8. The minimum atomic E-state index is -0.415. The minimum Gasteiger partial charge on any atom is -0.359 e. The Kier molecular flexibility index (Phi) is 7.38. The van der Waals surface area contributed by atoms with E-state index in [2.05, 4.69) is 169 Å². The molecule has 0 fully saturated rings. The van der Waals surface area contributed by atoms with Crippen LogP contribution in [0.25, 0.3) is 32.4 Å². The zero-order chi connectivity index (χ0) is 33.7. The molecular weight excluding hydrogens is 627 g/mol. The lowest BCUT2D eigenvalue weighted by Gasteiger charge is -2.34. The molecule has 0 saturated carbocycles. The maximum atomic E-state index is 9.50. The highest BCUT2D eigenvalue weighted by Gasteiger charge is 2.34. The van der Waals surface area contributed by atoms with Crippen LogP contribution in [-0.2, 0) is 5.41 Å². The lowest BCUT2D eigenvalue weighted by molar-refractivity contribution is 0.694. The van der Waals surface area contributed by atoms with Gasteiger partial charge in [-0.15, -0.1) is 11.3 Å². The Morgan fingerprint density at radius 3 is 2.04 bits per heavy atom. The van der Waals surface area contributed by atoms with Crippen molar-refractivity contribution in [2.45, 2.75) is 31.3 Å². The summed E-state index contributed by atoms with van der Waals surface area (Å²) in [6, 6.07) is 45.9. The third kappa shape index (κ3) is 5.02. The molecule has 0 bridgehead atoms. The van der Waals surface area contributed by atoms with Crippen LogP contribution < -0.4 is 10.2 Å². The van der Waals surface area contributed by atoms with Gasteiger partial charge >= 0.3 is 0 Å². The third-order valence-electron chi connectivity index (χ3n) is 10.6. The lowest BCUT2D eigenvalue weighted by atomic mass is 9.68. The largest absolute Gasteiger partial charge is 0.359 e. The fraction of sp³-hybridized carbons (Fsp3) is 0.109. The van der Waals surface area contributed by atoms with E-state index < -0.39 is 5.41 Å². The normalized spacial score (nSPS) is 16.3. The Balaban J connectivity index is 1.13. The summed E-state index contributed by atoms with van der Waals surface area (Å²) in [6.45, 7) is 2.35. The highest BCUT2D eigenvalue weighted by molar-refractivity contribution is 7.23. The van der Waals surface area contributed by atoms with Crippen LogP contribution in [-0.4, -0.2) is 6.17 Å². The summed E-state index contributed by atoms with van der Waals surface area (Å²) < 4.78 is 1.31. The van der Waals surface area contributed by atoms with E-state index in [4.69, 9.17) is 0 Å². The molecule has 3 nitrogen and oxygen atoms in total. The van der Waals surface area contributed by atoms with E-state index in [0.717, 1.165) is 18.4 Å². The second-order valence-electron chi connectivity index (χ2n) is 13.4. The van der Waals surface area contributed by atoms with Crippen molar-refractivity contribution < 1.29 is 0 Å². The Bertz CT molecular complexity index is 2380. The molecule has 240 valence electrons. The zero-order valence-corrected chi connectivity index (χ0v) is 28.6. The number of nitriles is 1. The highest BCUT2D eigenvalue weighted by Crippen LogP contribution is 2.50. The molecule has 1 atom stereocenters. The molecule has 3 aliphatic rings. The van der Waals surface area contributed by atoms with Crippen LogP contribution in [0.5, 0.6) is 0 Å². The summed E-state index contributed by atoms with van der Waals surface area (Å²) in [5.41, 5.74) is 12.8. The molecule has 0 radical (unpaired) electrons. The van der Waals surface area contributed by atoms with Crippen LogP contribution in [0, 0.1) is 11.3 Å². The lowest BCUT2D eigenvalue weighted by Crippen LogP contribution is -2.30. The molecule has 2 aliphatic heterocycles. The molecule has 1 aromatic heterocycles. The van der Waals surface area contributed by atoms with Gasteiger partial charge in [-0.1, -0.05) is 109 Å². The van der Waals surface area contributed by atoms with Gasteiger partial charge in [-0.3, -0.25) is 0 Å². The molecule has 1 unspecified atom stereocenters. The number of fused-ring (bicyclic) bond motifs is 5. The maximum absolute atomic E-state index is 9.50. The van der Waals surface area contributed by atoms with Gasteiger partial charge in [0.25, 0.3) is 0 Å². The van der Waals surface area contributed by atoms with Crippen molar-refractivity contribution in [3.05, 3.63) is 191 Å². The SMILES string of the molecule is CC(c1ccccc1)(c1ccccc1)c1cc(C2=CC=C(c3ccc4sc5c(c4c3)NC3C=CC=CN53)CC2)ccc1-c1ccc(C#N)cc1. The topological polar surface area (TPSA) is 39.1 Å². The first-order valence-corrected chi connectivity index (χ1v) is 18.0. The summed E-state index contributed by atoms with van der Waals surface area (Å²) in [7, 11) is 0. The molecule has 0 amide bonds. The van der Waals surface area contributed by atoms with Crippen molar-refractivity contribution in [1.82, 2.24) is 0 Å². The van der Waals surface area contributed by atoms with Gasteiger partial charge in [0.1, 0.15) is 11.2 Å². The fourth-order valence-electron chi connectivity index (χ4n) is 7.84. The predicted molar refractivity (Wildman–Crippen MR) is 210 cm³/mol. The van der Waals surface area contributed by atoms with Gasteiger partial charge in [-0.2, -0.15) is 5.26 Å². The average Bonchev–Trinajstić information content (AvgIpc) is 3.74. The van der Waals surface area contributed by atoms with Gasteiger partial charge in [0, 0.05) is 21.7 Å². The van der Waals surface area contributed by atoms with E-state index in [1.807, 2.05) is 23.5 Å². The molecule has 0 spiro atoms. The van der Waals surface area contributed by atoms with Crippen LogP contribution >= 0.6 is 11.3 Å². The first kappa shape index (κ1) is 30.2. The zero-order valence-electron chi connectivity index (χ0n) is 27.8. The van der Waals surface area contributed by atoms with Crippen molar-refractivity contribution in [3.63, 3.8) is 0 Å². The summed E-state index contributed by atoms with van der Waals surface area (Å²) in [6.07, 6.45) is 15.4. The van der Waals surface area contributed by atoms with Crippen molar-refractivity contribution in [2.24, 2.45) is 0 Å². The Morgan fingerprint density at radius 2 is 1.38 bits per heavy atom. The number of benzene rings is 5. The van der Waals surface area contributed by atoms with Gasteiger partial charge in [0.05, 0.1) is 17.3 Å². The predicted octanol–water partition coefficient (Wildman–Crippen LogP) is 11.7. The molecule has 50 heavy (non-hydrogen) atoms. The fourth-order valence-corrected chi connectivity index (χ4v) is 9.00. The van der Waals surface area contributed by atoms with Gasteiger partial charge in [-0.25, -0.2) is 0 Å². The Morgan fingerprint density at radius 1 is 0.740 bits per heavy atom. The smallest absolute Gasteiger partial charge is 0.124 e. The number of allylic oxidation sites excluding steroid dienone is 6. The standard InChI is InChI=1S/C46H35N3S/c1-46(37-10-4-2-5-11-37,38-12-6-3-7-13-38)41-29-36(23-25-39(41)34-17-15-31(30-47)16-18-34)33-21-19-32(20-22-33)35-24-26-42-40(28-35)44-45(50-42)49-27-9-8-14-43(49)48-44/h2-19,21,23-29,43,48H,20,22H2,1H3. The van der Waals surface area contributed by atoms with Gasteiger partial charge in [0.2, 0.25) is 0 Å². The second-order valence-corrected chi connectivity index (χ2v) is 14.4. The molecule has 3 heterocycles. The maximum Gasteiger partial charge on any atom is 0.124 e. The number of rotatable bonds is 6. The molecule has 4 heteroatoms. The summed E-state index contributed by atoms with van der Waals surface area (Å²) >= 11 is 1.86. The van der Waals surface area contributed by atoms with Crippen molar-refractivity contribution >= 4 is 43.3 Å². The second kappa shape index (κ2) is 12.2. The summed E-state index contributed by atoms with van der Waals surface area (Å²) in [4.78, 5) is 2.33. The van der Waals surface area contributed by atoms with Crippen LogP contribution in [0.4, 0.5) is 10.7 Å². The highest BCUT2D eigenvalue weighted by atomic mass is 32.1. The number of hydrogen-bond donors (Lipinski definition) is 1. The molecule has 6 aromatic rings. The van der Waals surface area contributed by atoms with Crippen LogP contribution in [0.3, 0.4) is 0 Å². The van der Waals surface area contributed by atoms with Crippen LogP contribution in [0.2, 0.25) is 0 Å². The van der Waals surface area contributed by atoms with Gasteiger partial charge in [-0.05, 0) is 112 Å². The summed E-state index contributed by atoms with van der Waals surface area (Å²) in [5.74, 6) is 0. The summed E-state index contributed by atoms with van der Waals surface area (Å²) in [5, 5.41) is 15.8. The molecule has 9 rings (SSSR count). The number of anilines is 2. The molecular formula is C46H35N3S. The Labute approximate surface area is 297 Å². The van der Waals surface area contributed by atoms with E-state index in [-0.39, 0.29) is 6.17 Å². The molecule has 0 saturated heterocycles.